The lowest BCUT2D eigenvalue weighted by atomic mass is 10.1. The van der Waals surface area contributed by atoms with Crippen molar-refractivity contribution in [2.45, 2.75) is 19.4 Å². The van der Waals surface area contributed by atoms with Gasteiger partial charge in [-0.1, -0.05) is 6.08 Å². The van der Waals surface area contributed by atoms with E-state index in [2.05, 4.69) is 25.3 Å². The molecule has 0 aliphatic heterocycles. The molecule has 2 heteroatoms. The molecule has 0 spiro atoms. The Labute approximate surface area is 64.2 Å². The normalized spacial score (nSPS) is 10.8. The molecule has 0 saturated heterocycles. The van der Waals surface area contributed by atoms with E-state index in [1.807, 2.05) is 20.2 Å². The van der Waals surface area contributed by atoms with E-state index in [1.165, 1.54) is 0 Å². The predicted molar refractivity (Wildman–Crippen MR) is 45.2 cm³/mol. The van der Waals surface area contributed by atoms with Gasteiger partial charge in [0.25, 0.3) is 0 Å². The first-order valence-electron chi connectivity index (χ1n) is 2.81. The maximum Gasteiger partial charge on any atom is 0.0326 e. The number of rotatable bonds is 2. The molecule has 0 aromatic carbocycles. The second-order valence-electron chi connectivity index (χ2n) is 2.75. The minimum Gasteiger partial charge on any atom is -0.301 e. The topological polar surface area (TPSA) is 3.24 Å². The highest BCUT2D eigenvalue weighted by atomic mass is 35.5. The van der Waals surface area contributed by atoms with E-state index in [-0.39, 0.29) is 17.9 Å². The zero-order valence-electron chi connectivity index (χ0n) is 6.64. The molecule has 0 bridgehead atoms. The van der Waals surface area contributed by atoms with Gasteiger partial charge in [-0.25, -0.2) is 0 Å². The van der Waals surface area contributed by atoms with Crippen LogP contribution in [0.4, 0.5) is 0 Å². The van der Waals surface area contributed by atoms with Crippen LogP contribution in [-0.4, -0.2) is 24.5 Å². The summed E-state index contributed by atoms with van der Waals surface area (Å²) in [6.45, 7) is 7.96. The Hall–Kier alpha value is -0.0100. The molecule has 0 fully saturated rings. The Balaban J connectivity index is 0. The third-order valence-corrected chi connectivity index (χ3v) is 1.65. The van der Waals surface area contributed by atoms with Gasteiger partial charge in [0.1, 0.15) is 0 Å². The zero-order chi connectivity index (χ0) is 6.78. The number of hydrogen-bond acceptors (Lipinski definition) is 1. The fourth-order valence-electron chi connectivity index (χ4n) is 0.183. The lowest BCUT2D eigenvalue weighted by molar-refractivity contribution is 0.253. The van der Waals surface area contributed by atoms with E-state index in [1.54, 1.807) is 0 Å². The van der Waals surface area contributed by atoms with Gasteiger partial charge in [0, 0.05) is 5.54 Å². The molecule has 0 radical (unpaired) electrons. The molecule has 0 aliphatic rings. The third-order valence-electron chi connectivity index (χ3n) is 1.65. The van der Waals surface area contributed by atoms with Gasteiger partial charge < -0.3 is 4.90 Å². The van der Waals surface area contributed by atoms with Crippen molar-refractivity contribution in [3.63, 3.8) is 0 Å². The first-order valence-corrected chi connectivity index (χ1v) is 2.81. The molecule has 0 rings (SSSR count). The van der Waals surface area contributed by atoms with E-state index in [0.717, 1.165) is 0 Å². The number of likely N-dealkylation sites (N-methyl/N-ethyl adjacent to an activating group) is 1. The van der Waals surface area contributed by atoms with E-state index in [4.69, 9.17) is 0 Å². The van der Waals surface area contributed by atoms with Crippen LogP contribution in [0.5, 0.6) is 0 Å². The van der Waals surface area contributed by atoms with Crippen molar-refractivity contribution in [3.05, 3.63) is 12.7 Å². The Morgan fingerprint density at radius 3 is 1.67 bits per heavy atom. The quantitative estimate of drug-likeness (QED) is 0.543. The van der Waals surface area contributed by atoms with Crippen LogP contribution in [0.2, 0.25) is 0 Å². The molecule has 0 aromatic heterocycles. The summed E-state index contributed by atoms with van der Waals surface area (Å²) in [5, 5.41) is 0. The van der Waals surface area contributed by atoms with Crippen LogP contribution in [-0.2, 0) is 0 Å². The maximum absolute atomic E-state index is 3.71. The second kappa shape index (κ2) is 3.91. The molecule has 0 atom stereocenters. The fourth-order valence-corrected chi connectivity index (χ4v) is 0.183. The van der Waals surface area contributed by atoms with Gasteiger partial charge in [-0.15, -0.1) is 19.0 Å². The summed E-state index contributed by atoms with van der Waals surface area (Å²) in [7, 11) is 4.09. The van der Waals surface area contributed by atoms with Crippen LogP contribution in [0.15, 0.2) is 12.7 Å². The average molecular weight is 150 g/mol. The van der Waals surface area contributed by atoms with Gasteiger partial charge in [0.05, 0.1) is 0 Å². The zero-order valence-corrected chi connectivity index (χ0v) is 7.46. The smallest absolute Gasteiger partial charge is 0.0326 e. The summed E-state index contributed by atoms with van der Waals surface area (Å²) in [5.41, 5.74) is 0.139. The van der Waals surface area contributed by atoms with Gasteiger partial charge in [-0.05, 0) is 27.9 Å². The summed E-state index contributed by atoms with van der Waals surface area (Å²) in [6.07, 6.45) is 1.94. The van der Waals surface area contributed by atoms with E-state index in [0.29, 0.717) is 0 Å². The van der Waals surface area contributed by atoms with Crippen molar-refractivity contribution >= 4 is 12.4 Å². The third kappa shape index (κ3) is 3.55. The van der Waals surface area contributed by atoms with Gasteiger partial charge in [-0.3, -0.25) is 0 Å². The summed E-state index contributed by atoms with van der Waals surface area (Å²) < 4.78 is 0. The first-order chi connectivity index (χ1) is 3.50. The minimum absolute atomic E-state index is 0. The number of hydrogen-bond donors (Lipinski definition) is 0. The highest BCUT2D eigenvalue weighted by Crippen LogP contribution is 2.09. The van der Waals surface area contributed by atoms with Crippen molar-refractivity contribution in [1.82, 2.24) is 4.90 Å². The molecule has 0 aliphatic carbocycles. The first kappa shape index (κ1) is 11.7. The molecule has 56 valence electrons. The molecule has 0 amide bonds. The Bertz CT molecular complexity index is 86.9. The SMILES string of the molecule is C=CC(C)(C)N(C)C.Cl. The lowest BCUT2D eigenvalue weighted by Gasteiger charge is -2.28. The standard InChI is InChI=1S/C7H15N.ClH/c1-6-7(2,3)8(4)5;/h6H,1H2,2-5H3;1H. The fraction of sp³-hybridized carbons (Fsp3) is 0.714. The predicted octanol–water partition coefficient (Wildman–Crippen LogP) is 1.93. The number of nitrogens with zero attached hydrogens (tertiary/aromatic N) is 1. The van der Waals surface area contributed by atoms with Gasteiger partial charge in [0.2, 0.25) is 0 Å². The highest BCUT2D eigenvalue weighted by molar-refractivity contribution is 5.85. The molecule has 1 nitrogen and oxygen atoms in total. The molecule has 9 heavy (non-hydrogen) atoms. The highest BCUT2D eigenvalue weighted by Gasteiger charge is 2.13. The van der Waals surface area contributed by atoms with Gasteiger partial charge >= 0.3 is 0 Å². The largest absolute Gasteiger partial charge is 0.301 e. The van der Waals surface area contributed by atoms with Crippen molar-refractivity contribution < 1.29 is 0 Å². The van der Waals surface area contributed by atoms with E-state index >= 15 is 0 Å². The maximum atomic E-state index is 3.71. The van der Waals surface area contributed by atoms with E-state index in [9.17, 15) is 0 Å². The van der Waals surface area contributed by atoms with Crippen LogP contribution in [0.3, 0.4) is 0 Å². The summed E-state index contributed by atoms with van der Waals surface area (Å²) in [5.74, 6) is 0. The minimum atomic E-state index is 0. The molecule has 0 unspecified atom stereocenters. The average Bonchev–Trinajstić information content (AvgIpc) is 1.67. The molecular formula is C7H16ClN. The van der Waals surface area contributed by atoms with Crippen LogP contribution >= 0.6 is 12.4 Å². The molecule has 0 N–H and O–H groups in total. The molecule has 0 heterocycles. The van der Waals surface area contributed by atoms with Crippen LogP contribution in [0.1, 0.15) is 13.8 Å². The van der Waals surface area contributed by atoms with Crippen molar-refractivity contribution in [2.75, 3.05) is 14.1 Å². The second-order valence-corrected chi connectivity index (χ2v) is 2.75. The van der Waals surface area contributed by atoms with Crippen LogP contribution in [0, 0.1) is 0 Å². The summed E-state index contributed by atoms with van der Waals surface area (Å²) in [4.78, 5) is 2.12. The van der Waals surface area contributed by atoms with Crippen LogP contribution in [0.25, 0.3) is 0 Å². The van der Waals surface area contributed by atoms with Crippen molar-refractivity contribution in [1.29, 1.82) is 0 Å². The molecular weight excluding hydrogens is 134 g/mol. The van der Waals surface area contributed by atoms with Crippen LogP contribution < -0.4 is 0 Å². The Morgan fingerprint density at radius 2 is 1.67 bits per heavy atom. The Morgan fingerprint density at radius 1 is 1.33 bits per heavy atom. The monoisotopic (exact) mass is 149 g/mol. The Kier molecular flexibility index (Phi) is 5.11. The van der Waals surface area contributed by atoms with E-state index < -0.39 is 0 Å². The number of halogens is 1. The summed E-state index contributed by atoms with van der Waals surface area (Å²) in [6, 6.07) is 0. The summed E-state index contributed by atoms with van der Waals surface area (Å²) >= 11 is 0. The molecule has 0 saturated carbocycles. The van der Waals surface area contributed by atoms with Gasteiger partial charge in [-0.2, -0.15) is 0 Å². The van der Waals surface area contributed by atoms with Gasteiger partial charge in [0.15, 0.2) is 0 Å². The lowest BCUT2D eigenvalue weighted by Crippen LogP contribution is -2.35. The molecule has 0 aromatic rings. The van der Waals surface area contributed by atoms with Crippen molar-refractivity contribution in [2.24, 2.45) is 0 Å². The van der Waals surface area contributed by atoms with Crippen molar-refractivity contribution in [3.8, 4) is 0 Å².